The highest BCUT2D eigenvalue weighted by Gasteiger charge is 2.13. The third-order valence-electron chi connectivity index (χ3n) is 3.99. The highest BCUT2D eigenvalue weighted by molar-refractivity contribution is 6.30. The van der Waals surface area contributed by atoms with Crippen LogP contribution in [0.25, 0.3) is 33.5 Å². The molecule has 3 aromatic carbocycles. The van der Waals surface area contributed by atoms with Crippen molar-refractivity contribution in [1.29, 1.82) is 0 Å². The molecular formula is C21H15ClN2. The van der Waals surface area contributed by atoms with Crippen LogP contribution in [0, 0.1) is 6.92 Å². The number of hydrogen-bond donors (Lipinski definition) is 0. The van der Waals surface area contributed by atoms with Crippen molar-refractivity contribution in [3.63, 3.8) is 0 Å². The van der Waals surface area contributed by atoms with Crippen LogP contribution in [0.1, 0.15) is 5.56 Å². The number of para-hydroxylation sites is 2. The van der Waals surface area contributed by atoms with Gasteiger partial charge in [-0.2, -0.15) is 0 Å². The second-order valence-corrected chi connectivity index (χ2v) is 6.22. The quantitative estimate of drug-likeness (QED) is 0.455. The Morgan fingerprint density at radius 1 is 0.667 bits per heavy atom. The number of hydrogen-bond acceptors (Lipinski definition) is 2. The molecule has 2 nitrogen and oxygen atoms in total. The first kappa shape index (κ1) is 14.9. The second kappa shape index (κ2) is 6.06. The molecule has 0 aliphatic heterocycles. The molecule has 0 radical (unpaired) electrons. The first-order chi connectivity index (χ1) is 11.7. The third-order valence-corrected chi connectivity index (χ3v) is 4.23. The lowest BCUT2D eigenvalue weighted by atomic mass is 10.0. The van der Waals surface area contributed by atoms with E-state index in [0.29, 0.717) is 5.02 Å². The van der Waals surface area contributed by atoms with Gasteiger partial charge < -0.3 is 0 Å². The van der Waals surface area contributed by atoms with Gasteiger partial charge in [0.2, 0.25) is 0 Å². The van der Waals surface area contributed by atoms with Crippen LogP contribution >= 0.6 is 11.6 Å². The van der Waals surface area contributed by atoms with Gasteiger partial charge in [0.15, 0.2) is 0 Å². The predicted molar refractivity (Wildman–Crippen MR) is 100 cm³/mol. The average Bonchev–Trinajstić information content (AvgIpc) is 2.61. The van der Waals surface area contributed by atoms with Crippen LogP contribution in [0.3, 0.4) is 0 Å². The maximum Gasteiger partial charge on any atom is 0.0973 e. The summed E-state index contributed by atoms with van der Waals surface area (Å²) in [6, 6.07) is 24.0. The molecule has 3 heteroatoms. The molecule has 0 spiro atoms. The molecule has 0 saturated heterocycles. The summed E-state index contributed by atoms with van der Waals surface area (Å²) in [5.74, 6) is 0. The number of fused-ring (bicyclic) bond motifs is 1. The normalized spacial score (nSPS) is 10.9. The summed E-state index contributed by atoms with van der Waals surface area (Å²) in [5, 5.41) is 0.692. The number of halogens is 1. The van der Waals surface area contributed by atoms with Crippen LogP contribution in [-0.4, -0.2) is 9.97 Å². The fourth-order valence-corrected chi connectivity index (χ4v) is 2.94. The number of aryl methyl sites for hydroxylation is 1. The van der Waals surface area contributed by atoms with Gasteiger partial charge in [-0.3, -0.25) is 0 Å². The highest BCUT2D eigenvalue weighted by Crippen LogP contribution is 2.32. The van der Waals surface area contributed by atoms with Gasteiger partial charge in [-0.1, -0.05) is 65.7 Å². The fourth-order valence-electron chi connectivity index (χ4n) is 2.75. The SMILES string of the molecule is Cc1ccc(-c2nc3ccccc3nc2-c2cccc(Cl)c2)cc1. The van der Waals surface area contributed by atoms with E-state index in [1.807, 2.05) is 48.5 Å². The first-order valence-electron chi connectivity index (χ1n) is 7.80. The molecular weight excluding hydrogens is 316 g/mol. The van der Waals surface area contributed by atoms with E-state index in [9.17, 15) is 0 Å². The molecule has 4 rings (SSSR count). The summed E-state index contributed by atoms with van der Waals surface area (Å²) in [6.07, 6.45) is 0. The lowest BCUT2D eigenvalue weighted by Crippen LogP contribution is -1.95. The molecule has 1 aromatic heterocycles. The summed E-state index contributed by atoms with van der Waals surface area (Å²) in [5.41, 5.74) is 6.72. The predicted octanol–water partition coefficient (Wildman–Crippen LogP) is 5.93. The van der Waals surface area contributed by atoms with E-state index in [4.69, 9.17) is 21.6 Å². The number of rotatable bonds is 2. The van der Waals surface area contributed by atoms with Crippen molar-refractivity contribution in [2.24, 2.45) is 0 Å². The molecule has 0 fully saturated rings. The molecule has 0 aliphatic carbocycles. The van der Waals surface area contributed by atoms with Crippen molar-refractivity contribution >= 4 is 22.6 Å². The van der Waals surface area contributed by atoms with E-state index < -0.39 is 0 Å². The Hall–Kier alpha value is -2.71. The van der Waals surface area contributed by atoms with Gasteiger partial charge in [-0.15, -0.1) is 0 Å². The molecule has 0 bridgehead atoms. The maximum atomic E-state index is 6.18. The maximum absolute atomic E-state index is 6.18. The minimum atomic E-state index is 0.692. The molecule has 4 aromatic rings. The number of aromatic nitrogens is 2. The van der Waals surface area contributed by atoms with E-state index in [1.165, 1.54) is 5.56 Å². The van der Waals surface area contributed by atoms with Crippen LogP contribution in [-0.2, 0) is 0 Å². The van der Waals surface area contributed by atoms with E-state index in [2.05, 4.69) is 31.2 Å². The smallest absolute Gasteiger partial charge is 0.0973 e. The molecule has 0 N–H and O–H groups in total. The highest BCUT2D eigenvalue weighted by atomic mass is 35.5. The van der Waals surface area contributed by atoms with E-state index in [-0.39, 0.29) is 0 Å². The van der Waals surface area contributed by atoms with Gasteiger partial charge in [0, 0.05) is 16.1 Å². The van der Waals surface area contributed by atoms with Crippen LogP contribution in [0.5, 0.6) is 0 Å². The summed E-state index contributed by atoms with van der Waals surface area (Å²) in [4.78, 5) is 9.74. The summed E-state index contributed by atoms with van der Waals surface area (Å²) in [7, 11) is 0. The van der Waals surface area contributed by atoms with Gasteiger partial charge in [0.25, 0.3) is 0 Å². The zero-order valence-corrected chi connectivity index (χ0v) is 14.0. The average molecular weight is 331 g/mol. The molecule has 1 heterocycles. The number of benzene rings is 3. The van der Waals surface area contributed by atoms with Crippen LogP contribution in [0.15, 0.2) is 72.8 Å². The molecule has 0 atom stereocenters. The largest absolute Gasteiger partial charge is 0.244 e. The second-order valence-electron chi connectivity index (χ2n) is 5.79. The lowest BCUT2D eigenvalue weighted by Gasteiger charge is -2.11. The summed E-state index contributed by atoms with van der Waals surface area (Å²) >= 11 is 6.18. The zero-order valence-electron chi connectivity index (χ0n) is 13.2. The molecule has 116 valence electrons. The van der Waals surface area contributed by atoms with Crippen LogP contribution in [0.2, 0.25) is 5.02 Å². The van der Waals surface area contributed by atoms with Crippen molar-refractivity contribution in [3.05, 3.63) is 83.4 Å². The minimum absolute atomic E-state index is 0.692. The molecule has 0 saturated carbocycles. The Labute approximate surface area is 145 Å². The van der Waals surface area contributed by atoms with Crippen molar-refractivity contribution in [2.45, 2.75) is 6.92 Å². The summed E-state index contributed by atoms with van der Waals surface area (Å²) in [6.45, 7) is 2.08. The minimum Gasteiger partial charge on any atom is -0.244 e. The fraction of sp³-hybridized carbons (Fsp3) is 0.0476. The standard InChI is InChI=1S/C21H15ClN2/c1-14-9-11-15(12-10-14)20-21(16-5-4-6-17(22)13-16)24-19-8-3-2-7-18(19)23-20/h2-13H,1H3. The Kier molecular flexibility index (Phi) is 3.75. The van der Waals surface area contributed by atoms with Gasteiger partial charge >= 0.3 is 0 Å². The van der Waals surface area contributed by atoms with Crippen molar-refractivity contribution < 1.29 is 0 Å². The van der Waals surface area contributed by atoms with Crippen molar-refractivity contribution in [3.8, 4) is 22.5 Å². The third kappa shape index (κ3) is 2.77. The summed E-state index contributed by atoms with van der Waals surface area (Å²) < 4.78 is 0. The van der Waals surface area contributed by atoms with E-state index >= 15 is 0 Å². The Balaban J connectivity index is 2.02. The zero-order chi connectivity index (χ0) is 16.5. The Bertz CT molecular complexity index is 1020. The van der Waals surface area contributed by atoms with E-state index in [0.717, 1.165) is 33.5 Å². The van der Waals surface area contributed by atoms with Crippen LogP contribution in [0.4, 0.5) is 0 Å². The molecule has 0 unspecified atom stereocenters. The monoisotopic (exact) mass is 330 g/mol. The van der Waals surface area contributed by atoms with E-state index in [1.54, 1.807) is 0 Å². The Morgan fingerprint density at radius 3 is 1.92 bits per heavy atom. The van der Waals surface area contributed by atoms with Crippen LogP contribution < -0.4 is 0 Å². The first-order valence-corrected chi connectivity index (χ1v) is 8.18. The topological polar surface area (TPSA) is 25.8 Å². The molecule has 0 aliphatic rings. The lowest BCUT2D eigenvalue weighted by molar-refractivity contribution is 1.29. The van der Waals surface area contributed by atoms with Crippen molar-refractivity contribution in [1.82, 2.24) is 9.97 Å². The molecule has 24 heavy (non-hydrogen) atoms. The number of nitrogens with zero attached hydrogens (tertiary/aromatic N) is 2. The van der Waals surface area contributed by atoms with Crippen molar-refractivity contribution in [2.75, 3.05) is 0 Å². The van der Waals surface area contributed by atoms with Gasteiger partial charge in [0.1, 0.15) is 0 Å². The van der Waals surface area contributed by atoms with Gasteiger partial charge in [-0.05, 0) is 31.2 Å². The molecule has 0 amide bonds. The Morgan fingerprint density at radius 2 is 1.29 bits per heavy atom. The van der Waals surface area contributed by atoms with Gasteiger partial charge in [0.05, 0.1) is 22.4 Å². The van der Waals surface area contributed by atoms with Gasteiger partial charge in [-0.25, -0.2) is 9.97 Å².